The minimum atomic E-state index is -1.05. The van der Waals surface area contributed by atoms with Gasteiger partial charge < -0.3 is 10.1 Å². The number of aromatic carboxylic acids is 1. The molecule has 0 fully saturated rings. The monoisotopic (exact) mass is 177 g/mol. The van der Waals surface area contributed by atoms with Gasteiger partial charge in [-0.2, -0.15) is 0 Å². The lowest BCUT2D eigenvalue weighted by Gasteiger charge is -2.01. The first-order valence-electron chi connectivity index (χ1n) is 3.84. The SMILES string of the molecule is O=C(O)c1cc2c([nH]1)C=CCC2=O. The summed E-state index contributed by atoms with van der Waals surface area (Å²) in [4.78, 5) is 24.5. The lowest BCUT2D eigenvalue weighted by molar-refractivity contribution is 0.0691. The molecule has 13 heavy (non-hydrogen) atoms. The number of nitrogens with one attached hydrogen (secondary N) is 1. The van der Waals surface area contributed by atoms with Crippen LogP contribution >= 0.6 is 0 Å². The molecule has 4 nitrogen and oxygen atoms in total. The van der Waals surface area contributed by atoms with Gasteiger partial charge in [-0.15, -0.1) is 0 Å². The Morgan fingerprint density at radius 2 is 2.31 bits per heavy atom. The number of hydrogen-bond donors (Lipinski definition) is 2. The van der Waals surface area contributed by atoms with Gasteiger partial charge in [-0.1, -0.05) is 6.08 Å². The summed E-state index contributed by atoms with van der Waals surface area (Å²) in [6.07, 6.45) is 3.79. The van der Waals surface area contributed by atoms with E-state index >= 15 is 0 Å². The van der Waals surface area contributed by atoms with Crippen LogP contribution in [0.1, 0.15) is 33.0 Å². The van der Waals surface area contributed by atoms with E-state index in [1.807, 2.05) is 0 Å². The van der Waals surface area contributed by atoms with Crippen molar-refractivity contribution in [2.75, 3.05) is 0 Å². The lowest BCUT2D eigenvalue weighted by atomic mass is 10.0. The van der Waals surface area contributed by atoms with Gasteiger partial charge in [0.2, 0.25) is 0 Å². The van der Waals surface area contributed by atoms with Gasteiger partial charge in [0.1, 0.15) is 5.69 Å². The first kappa shape index (κ1) is 7.79. The van der Waals surface area contributed by atoms with Crippen molar-refractivity contribution < 1.29 is 14.7 Å². The molecule has 0 atom stereocenters. The Bertz CT molecular complexity index is 414. The molecule has 66 valence electrons. The van der Waals surface area contributed by atoms with Crippen LogP contribution in [0, 0.1) is 0 Å². The molecule has 0 radical (unpaired) electrons. The van der Waals surface area contributed by atoms with E-state index in [0.29, 0.717) is 17.7 Å². The maximum absolute atomic E-state index is 11.3. The van der Waals surface area contributed by atoms with Gasteiger partial charge in [-0.25, -0.2) is 4.79 Å². The fourth-order valence-electron chi connectivity index (χ4n) is 1.34. The summed E-state index contributed by atoms with van der Waals surface area (Å²) < 4.78 is 0. The quantitative estimate of drug-likeness (QED) is 0.679. The Kier molecular flexibility index (Phi) is 1.55. The Morgan fingerprint density at radius 1 is 1.54 bits per heavy atom. The average molecular weight is 177 g/mol. The number of H-pyrrole nitrogens is 1. The summed E-state index contributed by atoms with van der Waals surface area (Å²) in [5.74, 6) is -1.09. The van der Waals surface area contributed by atoms with Crippen LogP contribution in [0.5, 0.6) is 0 Å². The van der Waals surface area contributed by atoms with Crippen LogP contribution in [-0.4, -0.2) is 21.8 Å². The number of carbonyl (C=O) groups excluding carboxylic acids is 1. The predicted molar refractivity (Wildman–Crippen MR) is 45.7 cm³/mol. The van der Waals surface area contributed by atoms with Crippen molar-refractivity contribution in [2.24, 2.45) is 0 Å². The van der Waals surface area contributed by atoms with Gasteiger partial charge in [-0.3, -0.25) is 4.79 Å². The normalized spacial score (nSPS) is 14.3. The molecular formula is C9H7NO3. The third-order valence-corrected chi connectivity index (χ3v) is 1.97. The highest BCUT2D eigenvalue weighted by atomic mass is 16.4. The molecule has 1 aromatic rings. The van der Waals surface area contributed by atoms with E-state index in [4.69, 9.17) is 5.11 Å². The highest BCUT2D eigenvalue weighted by Crippen LogP contribution is 2.19. The van der Waals surface area contributed by atoms with Gasteiger partial charge in [0.25, 0.3) is 0 Å². The molecule has 0 saturated heterocycles. The van der Waals surface area contributed by atoms with Crippen LogP contribution in [0.25, 0.3) is 6.08 Å². The number of rotatable bonds is 1. The fraction of sp³-hybridized carbons (Fsp3) is 0.111. The number of Topliss-reactive ketones (excluding diaryl/α,β-unsaturated/α-hetero) is 1. The summed E-state index contributed by atoms with van der Waals surface area (Å²) in [6.45, 7) is 0. The van der Waals surface area contributed by atoms with E-state index in [9.17, 15) is 9.59 Å². The number of aromatic nitrogens is 1. The maximum Gasteiger partial charge on any atom is 0.352 e. The molecule has 1 aliphatic rings. The number of fused-ring (bicyclic) bond motifs is 1. The molecule has 1 aliphatic carbocycles. The summed E-state index contributed by atoms with van der Waals surface area (Å²) in [5, 5.41) is 8.65. The van der Waals surface area contributed by atoms with E-state index in [2.05, 4.69) is 4.98 Å². The van der Waals surface area contributed by atoms with Gasteiger partial charge in [0.05, 0.1) is 0 Å². The Labute approximate surface area is 73.9 Å². The van der Waals surface area contributed by atoms with E-state index in [0.717, 1.165) is 0 Å². The number of aromatic amines is 1. The first-order valence-corrected chi connectivity index (χ1v) is 3.84. The van der Waals surface area contributed by atoms with Gasteiger partial charge in [0, 0.05) is 17.7 Å². The second-order valence-corrected chi connectivity index (χ2v) is 2.85. The molecule has 0 aliphatic heterocycles. The second kappa shape index (κ2) is 2.58. The third kappa shape index (κ3) is 1.16. The molecule has 0 saturated carbocycles. The average Bonchev–Trinajstić information content (AvgIpc) is 2.49. The van der Waals surface area contributed by atoms with Crippen LogP contribution in [0.15, 0.2) is 12.1 Å². The molecule has 0 spiro atoms. The summed E-state index contributed by atoms with van der Waals surface area (Å²) in [7, 11) is 0. The lowest BCUT2D eigenvalue weighted by Crippen LogP contribution is -2.01. The molecule has 0 amide bonds. The molecular weight excluding hydrogens is 170 g/mol. The van der Waals surface area contributed by atoms with Crippen molar-refractivity contribution in [3.05, 3.63) is 29.1 Å². The molecule has 1 aromatic heterocycles. The van der Waals surface area contributed by atoms with Crippen molar-refractivity contribution in [1.29, 1.82) is 0 Å². The van der Waals surface area contributed by atoms with Crippen molar-refractivity contribution >= 4 is 17.8 Å². The Balaban J connectivity index is 2.55. The number of carboxylic acids is 1. The van der Waals surface area contributed by atoms with E-state index in [1.54, 1.807) is 12.2 Å². The Hall–Kier alpha value is -1.84. The largest absolute Gasteiger partial charge is 0.477 e. The van der Waals surface area contributed by atoms with Crippen molar-refractivity contribution in [3.8, 4) is 0 Å². The van der Waals surface area contributed by atoms with E-state index < -0.39 is 5.97 Å². The van der Waals surface area contributed by atoms with E-state index in [-0.39, 0.29) is 11.5 Å². The summed E-state index contributed by atoms with van der Waals surface area (Å²) in [5.41, 5.74) is 1.12. The van der Waals surface area contributed by atoms with Gasteiger partial charge in [0.15, 0.2) is 5.78 Å². The first-order chi connectivity index (χ1) is 6.18. The number of ketones is 1. The van der Waals surface area contributed by atoms with Crippen molar-refractivity contribution in [1.82, 2.24) is 4.98 Å². The third-order valence-electron chi connectivity index (χ3n) is 1.97. The van der Waals surface area contributed by atoms with Crippen LogP contribution in [0.3, 0.4) is 0 Å². The Morgan fingerprint density at radius 3 is 2.92 bits per heavy atom. The minimum absolute atomic E-state index is 0.0405. The highest BCUT2D eigenvalue weighted by molar-refractivity contribution is 6.04. The molecule has 0 aromatic carbocycles. The second-order valence-electron chi connectivity index (χ2n) is 2.85. The highest BCUT2D eigenvalue weighted by Gasteiger charge is 2.18. The van der Waals surface area contributed by atoms with Crippen LogP contribution in [0.2, 0.25) is 0 Å². The summed E-state index contributed by atoms with van der Waals surface area (Å²) >= 11 is 0. The summed E-state index contributed by atoms with van der Waals surface area (Å²) in [6, 6.07) is 1.38. The van der Waals surface area contributed by atoms with Crippen molar-refractivity contribution in [3.63, 3.8) is 0 Å². The standard InChI is InChI=1S/C9H7NO3/c11-8-3-1-2-6-5(8)4-7(10-6)9(12)13/h1-2,4,10H,3H2,(H,12,13). The van der Waals surface area contributed by atoms with Gasteiger partial charge >= 0.3 is 5.97 Å². The minimum Gasteiger partial charge on any atom is -0.477 e. The number of allylic oxidation sites excluding steroid dienone is 1. The zero-order valence-corrected chi connectivity index (χ0v) is 6.70. The zero-order valence-electron chi connectivity index (χ0n) is 6.70. The topological polar surface area (TPSA) is 70.2 Å². The number of hydrogen-bond acceptors (Lipinski definition) is 2. The molecule has 0 unspecified atom stereocenters. The molecule has 1 heterocycles. The fourth-order valence-corrected chi connectivity index (χ4v) is 1.34. The van der Waals surface area contributed by atoms with E-state index in [1.165, 1.54) is 6.07 Å². The number of carboxylic acid groups (broad SMARTS) is 1. The van der Waals surface area contributed by atoms with Crippen LogP contribution in [0.4, 0.5) is 0 Å². The molecule has 4 heteroatoms. The maximum atomic E-state index is 11.3. The zero-order chi connectivity index (χ0) is 9.42. The smallest absolute Gasteiger partial charge is 0.352 e. The van der Waals surface area contributed by atoms with Crippen molar-refractivity contribution in [2.45, 2.75) is 6.42 Å². The van der Waals surface area contributed by atoms with Crippen LogP contribution in [-0.2, 0) is 0 Å². The number of carbonyl (C=O) groups is 2. The molecule has 2 N–H and O–H groups in total. The predicted octanol–water partition coefficient (Wildman–Crippen LogP) is 1.31. The van der Waals surface area contributed by atoms with Gasteiger partial charge in [-0.05, 0) is 12.1 Å². The molecule has 2 rings (SSSR count). The van der Waals surface area contributed by atoms with Crippen LogP contribution < -0.4 is 0 Å². The molecule has 0 bridgehead atoms.